The van der Waals surface area contributed by atoms with Crippen molar-refractivity contribution in [3.05, 3.63) is 54.1 Å². The minimum Gasteiger partial charge on any atom is -0.494 e. The van der Waals surface area contributed by atoms with E-state index in [1.165, 1.54) is 0 Å². The highest BCUT2D eigenvalue weighted by atomic mass is 32.2. The van der Waals surface area contributed by atoms with Gasteiger partial charge in [-0.15, -0.1) is 0 Å². The van der Waals surface area contributed by atoms with Crippen LogP contribution in [0.2, 0.25) is 0 Å². The smallest absolute Gasteiger partial charge is 0.248 e. The molecule has 2 rings (SSSR count). The van der Waals surface area contributed by atoms with E-state index < -0.39 is 22.0 Å². The van der Waals surface area contributed by atoms with E-state index in [1.54, 1.807) is 55.5 Å². The number of amides is 1. The summed E-state index contributed by atoms with van der Waals surface area (Å²) in [6.45, 7) is 4.12. The van der Waals surface area contributed by atoms with Gasteiger partial charge in [-0.2, -0.15) is 5.26 Å². The molecule has 1 N–H and O–H groups in total. The zero-order valence-corrected chi connectivity index (χ0v) is 17.6. The van der Waals surface area contributed by atoms with Gasteiger partial charge < -0.3 is 10.1 Å². The molecule has 0 spiro atoms. The van der Waals surface area contributed by atoms with Crippen molar-refractivity contribution in [3.8, 4) is 11.8 Å². The van der Waals surface area contributed by atoms with Crippen molar-refractivity contribution in [2.24, 2.45) is 0 Å². The third-order valence-corrected chi connectivity index (χ3v) is 5.42. The molecule has 0 aliphatic rings. The van der Waals surface area contributed by atoms with Crippen LogP contribution in [0.15, 0.2) is 48.5 Å². The molecule has 0 saturated carbocycles. The van der Waals surface area contributed by atoms with Gasteiger partial charge in [0.15, 0.2) is 0 Å². The Kier molecular flexibility index (Phi) is 7.62. The average molecular weight is 416 g/mol. The van der Waals surface area contributed by atoms with Crippen LogP contribution in [0.3, 0.4) is 0 Å². The molecule has 0 radical (unpaired) electrons. The second-order valence-corrected chi connectivity index (χ2v) is 8.29. The monoisotopic (exact) mass is 415 g/mol. The number of hydrogen-bond acceptors (Lipinski definition) is 5. The van der Waals surface area contributed by atoms with Crippen molar-refractivity contribution in [2.45, 2.75) is 32.7 Å². The second kappa shape index (κ2) is 9.94. The van der Waals surface area contributed by atoms with Gasteiger partial charge in [0.1, 0.15) is 11.8 Å². The van der Waals surface area contributed by atoms with Gasteiger partial charge in [-0.3, -0.25) is 9.10 Å². The topological polar surface area (TPSA) is 99.5 Å². The molecule has 1 atom stereocenters. The quantitative estimate of drug-likeness (QED) is 0.677. The summed E-state index contributed by atoms with van der Waals surface area (Å²) in [5, 5.41) is 11.5. The predicted molar refractivity (Wildman–Crippen MR) is 113 cm³/mol. The highest BCUT2D eigenvalue weighted by molar-refractivity contribution is 7.92. The van der Waals surface area contributed by atoms with E-state index in [9.17, 15) is 13.2 Å². The maximum atomic E-state index is 12.9. The van der Waals surface area contributed by atoms with Gasteiger partial charge in [0.2, 0.25) is 15.9 Å². The first-order valence-corrected chi connectivity index (χ1v) is 11.1. The lowest BCUT2D eigenvalue weighted by Gasteiger charge is -2.30. The molecule has 8 heteroatoms. The number of nitrogens with zero attached hydrogens (tertiary/aromatic N) is 2. The summed E-state index contributed by atoms with van der Waals surface area (Å²) < 4.78 is 31.5. The molecular weight excluding hydrogens is 390 g/mol. The van der Waals surface area contributed by atoms with Crippen molar-refractivity contribution in [3.63, 3.8) is 0 Å². The third kappa shape index (κ3) is 5.96. The molecule has 0 unspecified atom stereocenters. The van der Waals surface area contributed by atoms with Crippen molar-refractivity contribution >= 4 is 27.3 Å². The zero-order valence-electron chi connectivity index (χ0n) is 16.8. The molecule has 0 aliphatic carbocycles. The molecule has 29 heavy (non-hydrogen) atoms. The van der Waals surface area contributed by atoms with Crippen molar-refractivity contribution < 1.29 is 17.9 Å². The van der Waals surface area contributed by atoms with E-state index in [1.807, 2.05) is 6.92 Å². The van der Waals surface area contributed by atoms with Gasteiger partial charge in [0.25, 0.3) is 0 Å². The third-order valence-electron chi connectivity index (χ3n) is 4.24. The Morgan fingerprint density at radius 2 is 1.76 bits per heavy atom. The number of hydrogen-bond donors (Lipinski definition) is 1. The summed E-state index contributed by atoms with van der Waals surface area (Å²) in [5.74, 6) is 0.194. The zero-order chi connectivity index (χ0) is 21.4. The first-order valence-electron chi connectivity index (χ1n) is 9.29. The van der Waals surface area contributed by atoms with Gasteiger partial charge in [-0.05, 0) is 55.3 Å². The van der Waals surface area contributed by atoms with Gasteiger partial charge in [-0.25, -0.2) is 8.42 Å². The number of rotatable bonds is 9. The molecular formula is C21H25N3O4S. The highest BCUT2D eigenvalue weighted by Crippen LogP contribution is 2.26. The number of benzene rings is 2. The largest absolute Gasteiger partial charge is 0.494 e. The van der Waals surface area contributed by atoms with E-state index >= 15 is 0 Å². The van der Waals surface area contributed by atoms with Crippen LogP contribution in [-0.4, -0.2) is 33.2 Å². The summed E-state index contributed by atoms with van der Waals surface area (Å²) in [7, 11) is -3.71. The van der Waals surface area contributed by atoms with Crippen LogP contribution in [0, 0.1) is 11.3 Å². The molecule has 2 aromatic rings. The van der Waals surface area contributed by atoms with Gasteiger partial charge in [0, 0.05) is 5.69 Å². The molecule has 2 aromatic carbocycles. The number of nitrogens with one attached hydrogen (secondary N) is 1. The first-order chi connectivity index (χ1) is 13.8. The standard InChI is InChI=1S/C21H25N3O4S/c1-4-20(21(25)23-17-8-6-16(7-9-17)14-15-22)24(29(3,26)27)18-10-12-19(13-11-18)28-5-2/h6-13,20H,4-5,14H2,1-3H3,(H,23,25)/t20-/m0/s1. The lowest BCUT2D eigenvalue weighted by Crippen LogP contribution is -2.46. The minimum atomic E-state index is -3.71. The summed E-state index contributed by atoms with van der Waals surface area (Å²) >= 11 is 0. The van der Waals surface area contributed by atoms with Gasteiger partial charge in [0.05, 0.1) is 31.0 Å². The maximum absolute atomic E-state index is 12.9. The molecule has 0 fully saturated rings. The van der Waals surface area contributed by atoms with E-state index in [-0.39, 0.29) is 6.42 Å². The first kappa shape index (κ1) is 22.2. The Balaban J connectivity index is 2.28. The molecule has 0 heterocycles. The predicted octanol–water partition coefficient (Wildman–Crippen LogP) is 3.33. The molecule has 0 saturated heterocycles. The van der Waals surface area contributed by atoms with Crippen LogP contribution in [0.1, 0.15) is 25.8 Å². The van der Waals surface area contributed by atoms with Gasteiger partial charge >= 0.3 is 0 Å². The lowest BCUT2D eigenvalue weighted by atomic mass is 10.1. The summed E-state index contributed by atoms with van der Waals surface area (Å²) in [6, 6.07) is 14.6. The molecule has 0 aromatic heterocycles. The number of anilines is 2. The average Bonchev–Trinajstić information content (AvgIpc) is 2.68. The Hall–Kier alpha value is -3.05. The fourth-order valence-electron chi connectivity index (χ4n) is 2.94. The number of ether oxygens (including phenoxy) is 1. The molecule has 0 aliphatic heterocycles. The van der Waals surface area contributed by atoms with Crippen molar-refractivity contribution in [1.29, 1.82) is 5.26 Å². The number of nitriles is 1. The Labute approximate surface area is 172 Å². The lowest BCUT2D eigenvalue weighted by molar-refractivity contribution is -0.117. The van der Waals surface area contributed by atoms with Crippen LogP contribution in [-0.2, 0) is 21.2 Å². The fraction of sp³-hybridized carbons (Fsp3) is 0.333. The molecule has 1 amide bonds. The Morgan fingerprint density at radius 1 is 1.14 bits per heavy atom. The summed E-state index contributed by atoms with van der Waals surface area (Å²) in [6.07, 6.45) is 1.65. The van der Waals surface area contributed by atoms with Gasteiger partial charge in [-0.1, -0.05) is 19.1 Å². The van der Waals surface area contributed by atoms with Crippen LogP contribution in [0.4, 0.5) is 11.4 Å². The number of sulfonamides is 1. The second-order valence-electron chi connectivity index (χ2n) is 6.43. The van der Waals surface area contributed by atoms with E-state index in [4.69, 9.17) is 10.00 Å². The van der Waals surface area contributed by atoms with E-state index in [2.05, 4.69) is 11.4 Å². The summed E-state index contributed by atoms with van der Waals surface area (Å²) in [4.78, 5) is 12.9. The Bertz CT molecular complexity index is 964. The van der Waals surface area contributed by atoms with Crippen LogP contribution >= 0.6 is 0 Å². The van der Waals surface area contributed by atoms with Crippen molar-refractivity contribution in [2.75, 3.05) is 22.5 Å². The van der Waals surface area contributed by atoms with Crippen LogP contribution in [0.25, 0.3) is 0 Å². The fourth-order valence-corrected chi connectivity index (χ4v) is 4.15. The molecule has 0 bridgehead atoms. The highest BCUT2D eigenvalue weighted by Gasteiger charge is 2.31. The number of carbonyl (C=O) groups excluding carboxylic acids is 1. The minimum absolute atomic E-state index is 0.283. The molecule has 154 valence electrons. The maximum Gasteiger partial charge on any atom is 0.248 e. The van der Waals surface area contributed by atoms with Crippen LogP contribution in [0.5, 0.6) is 5.75 Å². The SMILES string of the molecule is CCOc1ccc(N([C@@H](CC)C(=O)Nc2ccc(CC#N)cc2)S(C)(=O)=O)cc1. The summed E-state index contributed by atoms with van der Waals surface area (Å²) in [5.41, 5.74) is 1.77. The number of carbonyl (C=O) groups is 1. The van der Waals surface area contributed by atoms with E-state index in [0.717, 1.165) is 16.1 Å². The normalized spacial score (nSPS) is 11.9. The molecule has 7 nitrogen and oxygen atoms in total. The Morgan fingerprint density at radius 3 is 2.24 bits per heavy atom. The van der Waals surface area contributed by atoms with Crippen molar-refractivity contribution in [1.82, 2.24) is 0 Å². The van der Waals surface area contributed by atoms with Crippen LogP contribution < -0.4 is 14.4 Å². The van der Waals surface area contributed by atoms with E-state index in [0.29, 0.717) is 30.2 Å².